The lowest BCUT2D eigenvalue weighted by atomic mass is 10.0. The Labute approximate surface area is 146 Å². The monoisotopic (exact) mass is 340 g/mol. The molecular weight excluding hydrogens is 316 g/mol. The van der Waals surface area contributed by atoms with Crippen molar-refractivity contribution in [3.63, 3.8) is 0 Å². The highest BCUT2D eigenvalue weighted by Gasteiger charge is 2.27. The Bertz CT molecular complexity index is 780. The standard InChI is InChI=1S/C18H24N6O/c1-12-10-15(21-18(20-12)13-5-6-13)19-11-14-4-2-3-9-24(14)16-7-8-17(25)23-22-16/h7-8,10,13-14H,2-6,9,11H2,1H3,(H,23,25)(H,19,20,21). The molecule has 132 valence electrons. The molecule has 1 atom stereocenters. The minimum Gasteiger partial charge on any atom is -0.368 e. The van der Waals surface area contributed by atoms with Gasteiger partial charge in [-0.1, -0.05) is 0 Å². The molecule has 0 bridgehead atoms. The van der Waals surface area contributed by atoms with Crippen molar-refractivity contribution in [2.24, 2.45) is 0 Å². The van der Waals surface area contributed by atoms with Crippen molar-refractivity contribution in [2.75, 3.05) is 23.3 Å². The maximum atomic E-state index is 11.3. The highest BCUT2D eigenvalue weighted by molar-refractivity contribution is 5.41. The van der Waals surface area contributed by atoms with Crippen LogP contribution in [0.3, 0.4) is 0 Å². The van der Waals surface area contributed by atoms with Crippen molar-refractivity contribution in [1.82, 2.24) is 20.2 Å². The molecule has 25 heavy (non-hydrogen) atoms. The molecule has 0 spiro atoms. The molecule has 1 aliphatic heterocycles. The number of hydrogen-bond acceptors (Lipinski definition) is 6. The lowest BCUT2D eigenvalue weighted by Crippen LogP contribution is -2.44. The Balaban J connectivity index is 1.46. The normalized spacial score (nSPS) is 20.5. The van der Waals surface area contributed by atoms with Gasteiger partial charge in [-0.05, 0) is 45.1 Å². The minimum atomic E-state index is -0.167. The van der Waals surface area contributed by atoms with Crippen LogP contribution in [0.15, 0.2) is 23.0 Å². The Kier molecular flexibility index (Phi) is 4.38. The zero-order chi connectivity index (χ0) is 17.2. The molecular formula is C18H24N6O. The molecule has 2 aromatic rings. The predicted octanol–water partition coefficient (Wildman–Crippen LogP) is 2.22. The SMILES string of the molecule is Cc1cc(NCC2CCCCN2c2ccc(=O)[nH]n2)nc(C2CC2)n1. The second-order valence-electron chi connectivity index (χ2n) is 7.03. The summed E-state index contributed by atoms with van der Waals surface area (Å²) in [5.74, 6) is 3.28. The van der Waals surface area contributed by atoms with E-state index in [0.29, 0.717) is 12.0 Å². The fourth-order valence-corrected chi connectivity index (χ4v) is 3.44. The van der Waals surface area contributed by atoms with E-state index in [1.54, 1.807) is 6.07 Å². The van der Waals surface area contributed by atoms with E-state index >= 15 is 0 Å². The van der Waals surface area contributed by atoms with Crippen molar-refractivity contribution in [1.29, 1.82) is 0 Å². The molecule has 1 aliphatic carbocycles. The molecule has 2 aliphatic rings. The van der Waals surface area contributed by atoms with Crippen LogP contribution >= 0.6 is 0 Å². The third-order valence-corrected chi connectivity index (χ3v) is 4.92. The summed E-state index contributed by atoms with van der Waals surface area (Å²) in [7, 11) is 0. The van der Waals surface area contributed by atoms with Gasteiger partial charge in [0, 0.05) is 42.9 Å². The molecule has 0 aromatic carbocycles. The maximum Gasteiger partial charge on any atom is 0.264 e. The summed E-state index contributed by atoms with van der Waals surface area (Å²) in [5.41, 5.74) is 0.849. The molecule has 0 radical (unpaired) electrons. The molecule has 7 nitrogen and oxygen atoms in total. The van der Waals surface area contributed by atoms with Gasteiger partial charge in [-0.3, -0.25) is 4.79 Å². The van der Waals surface area contributed by atoms with Gasteiger partial charge in [0.2, 0.25) is 0 Å². The maximum absolute atomic E-state index is 11.3. The summed E-state index contributed by atoms with van der Waals surface area (Å²) in [6.45, 7) is 3.79. The van der Waals surface area contributed by atoms with Crippen LogP contribution in [0.5, 0.6) is 0 Å². The minimum absolute atomic E-state index is 0.167. The number of aromatic nitrogens is 4. The number of nitrogens with one attached hydrogen (secondary N) is 2. The molecule has 3 heterocycles. The van der Waals surface area contributed by atoms with Gasteiger partial charge >= 0.3 is 0 Å². The Morgan fingerprint density at radius 3 is 2.88 bits per heavy atom. The van der Waals surface area contributed by atoms with Gasteiger partial charge in [0.1, 0.15) is 17.5 Å². The van der Waals surface area contributed by atoms with Crippen LogP contribution in [0.2, 0.25) is 0 Å². The first-order valence-corrected chi connectivity index (χ1v) is 9.11. The van der Waals surface area contributed by atoms with Crippen molar-refractivity contribution in [3.05, 3.63) is 40.1 Å². The summed E-state index contributed by atoms with van der Waals surface area (Å²) in [6.07, 6.45) is 5.87. The molecule has 2 fully saturated rings. The quantitative estimate of drug-likeness (QED) is 0.868. The largest absolute Gasteiger partial charge is 0.368 e. The van der Waals surface area contributed by atoms with Gasteiger partial charge in [-0.2, -0.15) is 5.10 Å². The Morgan fingerprint density at radius 2 is 2.12 bits per heavy atom. The van der Waals surface area contributed by atoms with E-state index in [0.717, 1.165) is 49.1 Å². The van der Waals surface area contributed by atoms with E-state index in [1.165, 1.54) is 25.3 Å². The number of nitrogens with zero attached hydrogens (tertiary/aromatic N) is 4. The number of anilines is 2. The molecule has 1 saturated heterocycles. The third kappa shape index (κ3) is 3.81. The highest BCUT2D eigenvalue weighted by Crippen LogP contribution is 2.38. The first-order chi connectivity index (χ1) is 12.2. The Morgan fingerprint density at radius 1 is 1.24 bits per heavy atom. The van der Waals surface area contributed by atoms with Crippen LogP contribution in [-0.4, -0.2) is 39.3 Å². The molecule has 1 unspecified atom stereocenters. The third-order valence-electron chi connectivity index (χ3n) is 4.92. The summed E-state index contributed by atoms with van der Waals surface area (Å²) >= 11 is 0. The number of aryl methyl sites for hydroxylation is 1. The van der Waals surface area contributed by atoms with Crippen LogP contribution in [0.25, 0.3) is 0 Å². The fraction of sp³-hybridized carbons (Fsp3) is 0.556. The van der Waals surface area contributed by atoms with Gasteiger partial charge in [-0.15, -0.1) is 0 Å². The van der Waals surface area contributed by atoms with Crippen molar-refractivity contribution < 1.29 is 0 Å². The summed E-state index contributed by atoms with van der Waals surface area (Å²) in [6, 6.07) is 5.69. The van der Waals surface area contributed by atoms with E-state index in [-0.39, 0.29) is 5.56 Å². The average Bonchev–Trinajstić information content (AvgIpc) is 3.46. The Hall–Kier alpha value is -2.44. The van der Waals surface area contributed by atoms with Crippen LogP contribution < -0.4 is 15.8 Å². The van der Waals surface area contributed by atoms with Crippen LogP contribution in [0, 0.1) is 6.92 Å². The van der Waals surface area contributed by atoms with E-state index < -0.39 is 0 Å². The molecule has 1 saturated carbocycles. The van der Waals surface area contributed by atoms with E-state index in [2.05, 4.69) is 30.4 Å². The highest BCUT2D eigenvalue weighted by atomic mass is 16.1. The summed E-state index contributed by atoms with van der Waals surface area (Å²) in [5, 5.41) is 10.2. The van der Waals surface area contributed by atoms with E-state index in [9.17, 15) is 4.79 Å². The van der Waals surface area contributed by atoms with Crippen molar-refractivity contribution in [3.8, 4) is 0 Å². The predicted molar refractivity (Wildman–Crippen MR) is 97.1 cm³/mol. The van der Waals surface area contributed by atoms with Gasteiger partial charge < -0.3 is 10.2 Å². The van der Waals surface area contributed by atoms with Crippen molar-refractivity contribution >= 4 is 11.6 Å². The number of rotatable bonds is 5. The molecule has 2 N–H and O–H groups in total. The molecule has 0 amide bonds. The molecule has 2 aromatic heterocycles. The number of H-pyrrole nitrogens is 1. The number of aromatic amines is 1. The first kappa shape index (κ1) is 16.1. The van der Waals surface area contributed by atoms with Gasteiger partial charge in [0.15, 0.2) is 0 Å². The van der Waals surface area contributed by atoms with Crippen LogP contribution in [0.1, 0.15) is 49.5 Å². The summed E-state index contributed by atoms with van der Waals surface area (Å²) in [4.78, 5) is 22.8. The lowest BCUT2D eigenvalue weighted by Gasteiger charge is -2.36. The zero-order valence-electron chi connectivity index (χ0n) is 14.5. The second kappa shape index (κ2) is 6.82. The molecule has 7 heteroatoms. The number of piperidine rings is 1. The second-order valence-corrected chi connectivity index (χ2v) is 7.03. The first-order valence-electron chi connectivity index (χ1n) is 9.11. The fourth-order valence-electron chi connectivity index (χ4n) is 3.44. The number of hydrogen-bond donors (Lipinski definition) is 2. The topological polar surface area (TPSA) is 86.8 Å². The van der Waals surface area contributed by atoms with Crippen LogP contribution in [-0.2, 0) is 0 Å². The van der Waals surface area contributed by atoms with Crippen molar-refractivity contribution in [2.45, 2.75) is 51.0 Å². The molecule has 4 rings (SSSR count). The lowest BCUT2D eigenvalue weighted by molar-refractivity contribution is 0.467. The average molecular weight is 340 g/mol. The van der Waals surface area contributed by atoms with Gasteiger partial charge in [0.05, 0.1) is 0 Å². The summed E-state index contributed by atoms with van der Waals surface area (Å²) < 4.78 is 0. The van der Waals surface area contributed by atoms with E-state index in [1.807, 2.05) is 13.0 Å². The van der Waals surface area contributed by atoms with Gasteiger partial charge in [0.25, 0.3) is 5.56 Å². The van der Waals surface area contributed by atoms with E-state index in [4.69, 9.17) is 0 Å². The van der Waals surface area contributed by atoms with Gasteiger partial charge in [-0.25, -0.2) is 15.1 Å². The van der Waals surface area contributed by atoms with Crippen LogP contribution in [0.4, 0.5) is 11.6 Å². The zero-order valence-corrected chi connectivity index (χ0v) is 14.5. The smallest absolute Gasteiger partial charge is 0.264 e.